The van der Waals surface area contributed by atoms with E-state index in [9.17, 15) is 9.59 Å². The van der Waals surface area contributed by atoms with Crippen molar-refractivity contribution >= 4 is 17.5 Å². The molecule has 1 aliphatic carbocycles. The number of pyridine rings is 1. The summed E-state index contributed by atoms with van der Waals surface area (Å²) < 4.78 is 0. The summed E-state index contributed by atoms with van der Waals surface area (Å²) in [4.78, 5) is 32.5. The Bertz CT molecular complexity index is 1330. The van der Waals surface area contributed by atoms with E-state index in [-0.39, 0.29) is 23.3 Å². The van der Waals surface area contributed by atoms with E-state index >= 15 is 0 Å². The maximum Gasteiger partial charge on any atom is 0.224 e. The van der Waals surface area contributed by atoms with Gasteiger partial charge in [0.05, 0.1) is 17.6 Å². The third-order valence-electron chi connectivity index (χ3n) is 8.07. The molecule has 0 aliphatic heterocycles. The Balaban J connectivity index is 1.42. The molecule has 41 heavy (non-hydrogen) atoms. The number of nitrogens with one attached hydrogen (secondary N) is 1. The minimum atomic E-state index is -0.415. The van der Waals surface area contributed by atoms with Gasteiger partial charge in [-0.05, 0) is 68.1 Å². The smallest absolute Gasteiger partial charge is 0.224 e. The first-order valence-electron chi connectivity index (χ1n) is 14.8. The molecule has 0 spiro atoms. The number of benzene rings is 2. The van der Waals surface area contributed by atoms with Gasteiger partial charge < -0.3 is 16.0 Å². The van der Waals surface area contributed by atoms with Crippen molar-refractivity contribution in [1.29, 1.82) is 0 Å². The van der Waals surface area contributed by atoms with E-state index in [1.165, 1.54) is 0 Å². The fourth-order valence-electron chi connectivity index (χ4n) is 5.65. The fraction of sp³-hybridized carbons (Fsp3) is 0.457. The second-order valence-corrected chi connectivity index (χ2v) is 13.5. The van der Waals surface area contributed by atoms with Crippen LogP contribution < -0.4 is 11.1 Å². The number of nitrogens with zero attached hydrogens (tertiary/aromatic N) is 2. The Kier molecular flexibility index (Phi) is 9.33. The lowest BCUT2D eigenvalue weighted by atomic mass is 9.83. The third-order valence-corrected chi connectivity index (χ3v) is 8.07. The molecule has 1 aliphatic rings. The summed E-state index contributed by atoms with van der Waals surface area (Å²) in [6.07, 6.45) is 6.57. The quantitative estimate of drug-likeness (QED) is 0.304. The highest BCUT2D eigenvalue weighted by Crippen LogP contribution is 2.34. The highest BCUT2D eigenvalue weighted by molar-refractivity contribution is 5.93. The van der Waals surface area contributed by atoms with Crippen LogP contribution in [0, 0.1) is 11.3 Å². The van der Waals surface area contributed by atoms with E-state index in [2.05, 4.69) is 62.5 Å². The molecule has 0 atom stereocenters. The number of nitrogens with two attached hydrogens (primary N) is 1. The number of hydrogen-bond donors (Lipinski definition) is 2. The largest absolute Gasteiger partial charge is 0.343 e. The number of hydrogen-bond acceptors (Lipinski definition) is 4. The SMILES string of the molecule is CN(C(=O)CC(C)(C)C)C1CCC(CC(=O)Nc2cnc(-c3ccc(C(C)(C)N)cc3)c(-c3ccccc3)c2)CC1. The van der Waals surface area contributed by atoms with Crippen molar-refractivity contribution < 1.29 is 9.59 Å². The zero-order chi connectivity index (χ0) is 29.8. The summed E-state index contributed by atoms with van der Waals surface area (Å²) in [5.74, 6) is 0.542. The lowest BCUT2D eigenvalue weighted by Gasteiger charge is -2.35. The van der Waals surface area contributed by atoms with Gasteiger partial charge in [-0.1, -0.05) is 75.4 Å². The summed E-state index contributed by atoms with van der Waals surface area (Å²) in [6, 6.07) is 20.6. The molecule has 1 aromatic heterocycles. The Labute approximate surface area is 245 Å². The van der Waals surface area contributed by atoms with Gasteiger partial charge in [-0.15, -0.1) is 0 Å². The van der Waals surface area contributed by atoms with E-state index in [0.29, 0.717) is 24.4 Å². The Morgan fingerprint density at radius 1 is 0.927 bits per heavy atom. The van der Waals surface area contributed by atoms with Crippen molar-refractivity contribution in [3.05, 3.63) is 72.4 Å². The Hall–Kier alpha value is -3.51. The standard InChI is InChI=1S/C35H46N4O2/c1-34(2,3)22-32(41)39(6)29-18-12-24(13-19-29)20-31(40)38-28-21-30(25-10-8-7-9-11-25)33(37-23-28)26-14-16-27(17-15-26)35(4,5)36/h7-11,14-17,21,23-24,29H,12-13,18-20,22,36H2,1-6H3,(H,38,40). The summed E-state index contributed by atoms with van der Waals surface area (Å²) >= 11 is 0. The van der Waals surface area contributed by atoms with Crippen LogP contribution >= 0.6 is 0 Å². The number of carbonyl (C=O) groups is 2. The molecule has 2 amide bonds. The number of amides is 2. The van der Waals surface area contributed by atoms with Gasteiger partial charge in [-0.25, -0.2) is 0 Å². The van der Waals surface area contributed by atoms with Crippen LogP contribution in [0.3, 0.4) is 0 Å². The van der Waals surface area contributed by atoms with Crippen LogP contribution in [-0.2, 0) is 15.1 Å². The van der Waals surface area contributed by atoms with Gasteiger partial charge in [0.25, 0.3) is 0 Å². The van der Waals surface area contributed by atoms with Crippen molar-refractivity contribution in [2.45, 2.75) is 84.7 Å². The normalized spacial score (nSPS) is 17.6. The van der Waals surface area contributed by atoms with Crippen LogP contribution in [0.25, 0.3) is 22.4 Å². The van der Waals surface area contributed by atoms with Gasteiger partial charge >= 0.3 is 0 Å². The minimum Gasteiger partial charge on any atom is -0.343 e. The zero-order valence-corrected chi connectivity index (χ0v) is 25.5. The van der Waals surface area contributed by atoms with Crippen LogP contribution in [0.5, 0.6) is 0 Å². The molecular formula is C35H46N4O2. The zero-order valence-electron chi connectivity index (χ0n) is 25.5. The van der Waals surface area contributed by atoms with Crippen LogP contribution in [0.1, 0.15) is 78.7 Å². The molecule has 6 heteroatoms. The molecule has 6 nitrogen and oxygen atoms in total. The Morgan fingerprint density at radius 2 is 1.56 bits per heavy atom. The molecule has 3 aromatic rings. The van der Waals surface area contributed by atoms with Crippen molar-refractivity contribution in [3.8, 4) is 22.4 Å². The van der Waals surface area contributed by atoms with E-state index < -0.39 is 5.54 Å². The van der Waals surface area contributed by atoms with Gasteiger partial charge in [0.1, 0.15) is 0 Å². The monoisotopic (exact) mass is 554 g/mol. The highest BCUT2D eigenvalue weighted by Gasteiger charge is 2.29. The number of aromatic nitrogens is 1. The second-order valence-electron chi connectivity index (χ2n) is 13.5. The Morgan fingerprint density at radius 3 is 2.15 bits per heavy atom. The topological polar surface area (TPSA) is 88.3 Å². The molecule has 3 N–H and O–H groups in total. The van der Waals surface area contributed by atoms with Gasteiger partial charge in [-0.3, -0.25) is 14.6 Å². The molecule has 1 fully saturated rings. The maximum atomic E-state index is 13.1. The van der Waals surface area contributed by atoms with Gasteiger partial charge in [0.2, 0.25) is 11.8 Å². The second kappa shape index (κ2) is 12.6. The van der Waals surface area contributed by atoms with Gasteiger partial charge in [-0.2, -0.15) is 0 Å². The third kappa shape index (κ3) is 8.26. The molecule has 0 bridgehead atoms. The highest BCUT2D eigenvalue weighted by atomic mass is 16.2. The molecule has 2 aromatic carbocycles. The van der Waals surface area contributed by atoms with E-state index in [1.54, 1.807) is 6.20 Å². The van der Waals surface area contributed by atoms with Crippen LogP contribution in [0.4, 0.5) is 5.69 Å². The molecule has 1 saturated carbocycles. The molecule has 0 unspecified atom stereocenters. The first kappa shape index (κ1) is 30.4. The molecule has 0 saturated heterocycles. The average molecular weight is 555 g/mol. The summed E-state index contributed by atoms with van der Waals surface area (Å²) in [7, 11) is 1.93. The fourth-order valence-corrected chi connectivity index (χ4v) is 5.65. The summed E-state index contributed by atoms with van der Waals surface area (Å²) in [5, 5.41) is 3.10. The van der Waals surface area contributed by atoms with Gasteiger partial charge in [0, 0.05) is 42.6 Å². The van der Waals surface area contributed by atoms with Crippen molar-refractivity contribution in [2.75, 3.05) is 12.4 Å². The first-order valence-corrected chi connectivity index (χ1v) is 14.8. The number of anilines is 1. The van der Waals surface area contributed by atoms with Crippen molar-refractivity contribution in [1.82, 2.24) is 9.88 Å². The lowest BCUT2D eigenvalue weighted by molar-refractivity contribution is -0.134. The minimum absolute atomic E-state index is 0.00806. The lowest BCUT2D eigenvalue weighted by Crippen LogP contribution is -2.41. The van der Waals surface area contributed by atoms with Crippen molar-refractivity contribution in [3.63, 3.8) is 0 Å². The maximum absolute atomic E-state index is 13.1. The number of carbonyl (C=O) groups excluding carboxylic acids is 2. The van der Waals surface area contributed by atoms with Crippen LogP contribution in [0.15, 0.2) is 66.9 Å². The number of rotatable bonds is 8. The van der Waals surface area contributed by atoms with Gasteiger partial charge in [0.15, 0.2) is 0 Å². The van der Waals surface area contributed by atoms with Crippen molar-refractivity contribution in [2.24, 2.45) is 17.1 Å². The predicted molar refractivity (Wildman–Crippen MR) is 168 cm³/mol. The van der Waals surface area contributed by atoms with E-state index in [0.717, 1.165) is 53.6 Å². The van der Waals surface area contributed by atoms with E-state index in [4.69, 9.17) is 10.7 Å². The predicted octanol–water partition coefficient (Wildman–Crippen LogP) is 7.39. The average Bonchev–Trinajstić information content (AvgIpc) is 2.92. The summed E-state index contributed by atoms with van der Waals surface area (Å²) in [5.41, 5.74) is 11.5. The van der Waals surface area contributed by atoms with Crippen LogP contribution in [0.2, 0.25) is 0 Å². The first-order chi connectivity index (χ1) is 19.3. The summed E-state index contributed by atoms with van der Waals surface area (Å²) in [6.45, 7) is 10.3. The van der Waals surface area contributed by atoms with E-state index in [1.807, 2.05) is 50.1 Å². The molecule has 0 radical (unpaired) electrons. The molecular weight excluding hydrogens is 508 g/mol. The molecule has 1 heterocycles. The molecule has 4 rings (SSSR count). The molecule has 218 valence electrons. The van der Waals surface area contributed by atoms with Crippen LogP contribution in [-0.4, -0.2) is 34.8 Å².